The molecule has 3 fully saturated rings. The molecule has 2 N–H and O–H groups in total. The van der Waals surface area contributed by atoms with Gasteiger partial charge in [0.1, 0.15) is 29.1 Å². The van der Waals surface area contributed by atoms with Crippen LogP contribution in [0.15, 0.2) is 66.0 Å². The Kier molecular flexibility index (Phi) is 12.2. The van der Waals surface area contributed by atoms with Crippen LogP contribution in [0.5, 0.6) is 0 Å². The van der Waals surface area contributed by atoms with E-state index >= 15 is 0 Å². The molecule has 2 unspecified atom stereocenters. The fraction of sp³-hybridized carbons (Fsp3) is 0.450. The maximum Gasteiger partial charge on any atom is 0.419 e. The lowest BCUT2D eigenvalue weighted by Gasteiger charge is -2.39. The predicted molar refractivity (Wildman–Crippen MR) is 214 cm³/mol. The highest BCUT2D eigenvalue weighted by atomic mass is 32.2. The summed E-state index contributed by atoms with van der Waals surface area (Å²) in [6.45, 7) is -0.674. The molecule has 0 saturated carbocycles. The Labute approximate surface area is 361 Å². The molecular formula is C40H40F9N11O3S. The first-order valence-corrected chi connectivity index (χ1v) is 21.3. The number of nitrogens with zero attached hydrogens (tertiary/aromatic N) is 9. The summed E-state index contributed by atoms with van der Waals surface area (Å²) in [6.07, 6.45) is -10.4. The minimum Gasteiger partial charge on any atom is -0.351 e. The lowest BCUT2D eigenvalue weighted by molar-refractivity contribution is -0.189. The number of anilines is 2. The number of piperidine rings is 2. The van der Waals surface area contributed by atoms with Gasteiger partial charge in [0.15, 0.2) is 5.82 Å². The van der Waals surface area contributed by atoms with Crippen molar-refractivity contribution < 1.29 is 53.3 Å². The van der Waals surface area contributed by atoms with E-state index < -0.39 is 65.4 Å². The van der Waals surface area contributed by atoms with E-state index in [2.05, 4.69) is 30.8 Å². The summed E-state index contributed by atoms with van der Waals surface area (Å²) in [7, 11) is -0.127. The third kappa shape index (κ3) is 9.72. The third-order valence-electron chi connectivity index (χ3n) is 11.6. The highest BCUT2D eigenvalue weighted by molar-refractivity contribution is 7.82. The zero-order chi connectivity index (χ0) is 45.7. The number of hydrogen-bond acceptors (Lipinski definition) is 9. The number of urea groups is 1. The van der Waals surface area contributed by atoms with Crippen LogP contribution in [0.25, 0.3) is 22.2 Å². The number of carbonyl (C=O) groups is 2. The first-order chi connectivity index (χ1) is 30.2. The van der Waals surface area contributed by atoms with E-state index in [0.717, 1.165) is 23.5 Å². The summed E-state index contributed by atoms with van der Waals surface area (Å²) in [5.41, 5.74) is -0.626. The minimum absolute atomic E-state index is 0.0512. The number of nitrogens with one attached hydrogen (secondary N) is 2. The Morgan fingerprint density at radius 2 is 1.64 bits per heavy atom. The molecular weight excluding hydrogens is 886 g/mol. The van der Waals surface area contributed by atoms with Gasteiger partial charge >= 0.3 is 24.6 Å². The molecule has 24 heteroatoms. The molecule has 8 rings (SSSR count). The molecule has 64 heavy (non-hydrogen) atoms. The molecule has 3 aliphatic heterocycles. The van der Waals surface area contributed by atoms with Crippen LogP contribution in [0.4, 0.5) is 56.1 Å². The minimum atomic E-state index is -4.92. The number of fused-ring (bicyclic) bond motifs is 1. The van der Waals surface area contributed by atoms with Crippen molar-refractivity contribution in [1.82, 2.24) is 44.1 Å². The molecule has 0 radical (unpaired) electrons. The van der Waals surface area contributed by atoms with Crippen LogP contribution in [0.1, 0.15) is 60.8 Å². The van der Waals surface area contributed by atoms with Crippen LogP contribution in [-0.2, 0) is 35.5 Å². The number of rotatable bonds is 10. The van der Waals surface area contributed by atoms with Gasteiger partial charge in [0.25, 0.3) is 0 Å². The normalized spacial score (nSPS) is 19.0. The third-order valence-corrected chi connectivity index (χ3v) is 13.1. The van der Waals surface area contributed by atoms with Gasteiger partial charge in [0, 0.05) is 62.5 Å². The van der Waals surface area contributed by atoms with Gasteiger partial charge in [-0.15, -0.1) is 0 Å². The van der Waals surface area contributed by atoms with E-state index in [9.17, 15) is 53.3 Å². The van der Waals surface area contributed by atoms with Gasteiger partial charge in [-0.25, -0.2) is 23.3 Å². The molecule has 2 atom stereocenters. The van der Waals surface area contributed by atoms with Crippen molar-refractivity contribution in [3.05, 3.63) is 77.7 Å². The summed E-state index contributed by atoms with van der Waals surface area (Å²) in [5, 5.41) is 14.0. The Morgan fingerprint density at radius 3 is 2.31 bits per heavy atom. The fourth-order valence-electron chi connectivity index (χ4n) is 8.50. The number of carbonyl (C=O) groups excluding carboxylic acids is 2. The van der Waals surface area contributed by atoms with Gasteiger partial charge in [-0.2, -0.15) is 49.7 Å². The van der Waals surface area contributed by atoms with E-state index in [0.29, 0.717) is 47.8 Å². The number of halogens is 9. The SMILES string of the molecule is Cn1nc(N2CCC(=O)NC2=O)c2ccc(C3CCN(C(c4cccc(S(=O)N5CCC(Nc6ncc(C(F)(F)F)c(-c7cnn(CC(F)(F)F)c7)n6)CC5)c4)C(F)(F)F)CC3)cc21. The fourth-order valence-corrected chi connectivity index (χ4v) is 9.77. The monoisotopic (exact) mass is 925 g/mol. The molecule has 6 heterocycles. The average Bonchev–Trinajstić information content (AvgIpc) is 3.83. The molecule has 5 aromatic rings. The van der Waals surface area contributed by atoms with Gasteiger partial charge < -0.3 is 5.32 Å². The lowest BCUT2D eigenvalue weighted by atomic mass is 9.87. The maximum atomic E-state index is 14.9. The van der Waals surface area contributed by atoms with Crippen LogP contribution in [0.3, 0.4) is 0 Å². The number of aromatic nitrogens is 6. The van der Waals surface area contributed by atoms with Crippen LogP contribution in [0, 0.1) is 0 Å². The smallest absolute Gasteiger partial charge is 0.351 e. The van der Waals surface area contributed by atoms with Gasteiger partial charge in [0.05, 0.1) is 22.3 Å². The zero-order valence-corrected chi connectivity index (χ0v) is 34.7. The number of benzene rings is 2. The van der Waals surface area contributed by atoms with Crippen LogP contribution < -0.4 is 15.5 Å². The quantitative estimate of drug-likeness (QED) is 0.138. The van der Waals surface area contributed by atoms with Crippen molar-refractivity contribution in [2.24, 2.45) is 7.05 Å². The molecule has 3 amide bonds. The van der Waals surface area contributed by atoms with Crippen molar-refractivity contribution in [3.63, 3.8) is 0 Å². The van der Waals surface area contributed by atoms with Crippen LogP contribution >= 0.6 is 0 Å². The van der Waals surface area contributed by atoms with Gasteiger partial charge in [-0.05, 0) is 80.1 Å². The van der Waals surface area contributed by atoms with Crippen molar-refractivity contribution in [3.8, 4) is 11.3 Å². The number of aryl methyl sites for hydroxylation is 1. The summed E-state index contributed by atoms with van der Waals surface area (Å²) in [4.78, 5) is 34.9. The van der Waals surface area contributed by atoms with Crippen molar-refractivity contribution >= 4 is 45.6 Å². The van der Waals surface area contributed by atoms with Crippen molar-refractivity contribution in [2.75, 3.05) is 42.9 Å². The van der Waals surface area contributed by atoms with Crippen molar-refractivity contribution in [1.29, 1.82) is 0 Å². The second-order valence-corrected chi connectivity index (χ2v) is 17.4. The Hall–Kier alpha value is -5.62. The second-order valence-electron chi connectivity index (χ2n) is 15.9. The highest BCUT2D eigenvalue weighted by Crippen LogP contribution is 2.43. The summed E-state index contributed by atoms with van der Waals surface area (Å²) < 4.78 is 142. The van der Waals surface area contributed by atoms with Gasteiger partial charge in [0.2, 0.25) is 11.9 Å². The second kappa shape index (κ2) is 17.4. The first-order valence-electron chi connectivity index (χ1n) is 20.2. The molecule has 0 bridgehead atoms. The highest BCUT2D eigenvalue weighted by Gasteiger charge is 2.46. The topological polar surface area (TPSA) is 146 Å². The number of likely N-dealkylation sites (tertiary alicyclic amines) is 1. The Morgan fingerprint density at radius 1 is 0.906 bits per heavy atom. The van der Waals surface area contributed by atoms with Crippen LogP contribution in [0.2, 0.25) is 0 Å². The van der Waals surface area contributed by atoms with Crippen molar-refractivity contribution in [2.45, 2.75) is 80.1 Å². The molecule has 342 valence electrons. The first kappa shape index (κ1) is 45.0. The van der Waals surface area contributed by atoms with E-state index in [1.807, 2.05) is 18.2 Å². The zero-order valence-electron chi connectivity index (χ0n) is 33.8. The molecule has 3 saturated heterocycles. The van der Waals surface area contributed by atoms with Gasteiger partial charge in [-0.3, -0.25) is 29.3 Å². The number of hydrogen-bond donors (Lipinski definition) is 2. The van der Waals surface area contributed by atoms with E-state index in [-0.39, 0.29) is 72.9 Å². The molecule has 0 spiro atoms. The lowest BCUT2D eigenvalue weighted by Crippen LogP contribution is -2.49. The largest absolute Gasteiger partial charge is 0.419 e. The predicted octanol–water partition coefficient (Wildman–Crippen LogP) is 7.34. The number of amides is 3. The summed E-state index contributed by atoms with van der Waals surface area (Å²) in [6, 6.07) is 8.35. The van der Waals surface area contributed by atoms with E-state index in [4.69, 9.17) is 0 Å². The molecule has 0 aliphatic carbocycles. The molecule has 14 nitrogen and oxygen atoms in total. The molecule has 3 aliphatic rings. The van der Waals surface area contributed by atoms with Gasteiger partial charge in [-0.1, -0.05) is 18.2 Å². The Bertz CT molecular complexity index is 2560. The maximum absolute atomic E-state index is 14.9. The summed E-state index contributed by atoms with van der Waals surface area (Å²) in [5.74, 6) is -0.223. The number of imide groups is 1. The number of alkyl halides is 9. The standard InChI is InChI=1S/C40H40F9N11O3S/c1-56-31-18-24(5-6-29(31)35(55-56)60-16-11-32(61)53-37(60)62)23-7-12-57(13-8-23)34(40(47,48)49)25-3-2-4-28(17-25)64(63)59-14-9-27(10-15-59)52-36-50-20-30(39(44,45)46)33(54-36)26-19-51-58(21-26)22-38(41,42)43/h2-6,17-21,23,27,34H,7-16,22H2,1H3,(H,50,52,54)(H,53,61,62). The average molecular weight is 926 g/mol. The summed E-state index contributed by atoms with van der Waals surface area (Å²) >= 11 is 0. The van der Waals surface area contributed by atoms with E-state index in [1.165, 1.54) is 34.1 Å². The Balaban J connectivity index is 0.902. The van der Waals surface area contributed by atoms with E-state index in [1.54, 1.807) is 16.0 Å². The molecule has 2 aromatic carbocycles. The van der Waals surface area contributed by atoms with Crippen LogP contribution in [-0.4, -0.2) is 106 Å². The molecule has 3 aromatic heterocycles.